The van der Waals surface area contributed by atoms with Crippen LogP contribution in [0.25, 0.3) is 0 Å². The van der Waals surface area contributed by atoms with Gasteiger partial charge in [0.25, 0.3) is 11.7 Å². The molecule has 7 nitrogen and oxygen atoms in total. The molecule has 0 aromatic heterocycles. The van der Waals surface area contributed by atoms with Gasteiger partial charge in [-0.3, -0.25) is 4.79 Å². The fourth-order valence-corrected chi connectivity index (χ4v) is 7.43. The average Bonchev–Trinajstić information content (AvgIpc) is 3.30. The number of likely N-dealkylation sites (tertiary alicyclic amines) is 1. The van der Waals surface area contributed by atoms with E-state index in [4.69, 9.17) is 19.0 Å². The van der Waals surface area contributed by atoms with Crippen LogP contribution >= 0.6 is 0 Å². The largest absolute Gasteiger partial charge is 0.493 e. The fourth-order valence-electron chi connectivity index (χ4n) is 7.43. The highest BCUT2D eigenvalue weighted by molar-refractivity contribution is 5.96. The molecular formula is C26H21F5N2O5. The minimum Gasteiger partial charge on any atom is -0.493 e. The molecule has 2 spiro atoms. The van der Waals surface area contributed by atoms with Crippen molar-refractivity contribution in [3.05, 3.63) is 70.1 Å². The number of hydroxylamine groups is 2. The molecule has 2 fully saturated rings. The van der Waals surface area contributed by atoms with E-state index in [9.17, 15) is 26.7 Å². The molecule has 8 rings (SSSR count). The Hall–Kier alpha value is -3.22. The third-order valence-corrected chi connectivity index (χ3v) is 9.02. The third-order valence-electron chi connectivity index (χ3n) is 9.02. The molecule has 2 aromatic carbocycles. The van der Waals surface area contributed by atoms with Crippen molar-refractivity contribution in [2.75, 3.05) is 27.8 Å². The number of piperidine rings is 1. The molecular weight excluding hydrogens is 515 g/mol. The number of carbonyl (C=O) groups excluding carboxylic acids is 1. The number of hydrogen-bond donors (Lipinski definition) is 0. The van der Waals surface area contributed by atoms with Crippen molar-refractivity contribution in [2.24, 2.45) is 0 Å². The van der Waals surface area contributed by atoms with Crippen LogP contribution < -0.4 is 9.47 Å². The number of nitrogens with zero attached hydrogens (tertiary/aromatic N) is 2. The summed E-state index contributed by atoms with van der Waals surface area (Å²) >= 11 is 0. The first-order valence-electron chi connectivity index (χ1n) is 12.0. The van der Waals surface area contributed by atoms with Crippen molar-refractivity contribution < 1.29 is 45.8 Å². The maximum Gasteiger partial charge on any atom is 0.284 e. The van der Waals surface area contributed by atoms with Crippen molar-refractivity contribution in [3.8, 4) is 11.5 Å². The molecule has 0 saturated carbocycles. The minimum absolute atomic E-state index is 0.384. The number of carbonyl (C=O) groups is 1. The second-order valence-corrected chi connectivity index (χ2v) is 10.3. The van der Waals surface area contributed by atoms with E-state index in [0.717, 1.165) is 16.2 Å². The Bertz CT molecular complexity index is 1460. The van der Waals surface area contributed by atoms with Gasteiger partial charge in [0.05, 0.1) is 12.5 Å². The van der Waals surface area contributed by atoms with Crippen molar-refractivity contribution in [1.29, 1.82) is 0 Å². The van der Waals surface area contributed by atoms with Crippen LogP contribution in [0.15, 0.2) is 24.3 Å². The lowest BCUT2D eigenvalue weighted by Crippen LogP contribution is -2.87. The highest BCUT2D eigenvalue weighted by Gasteiger charge is 2.82. The average molecular weight is 536 g/mol. The second-order valence-electron chi connectivity index (χ2n) is 10.3. The molecule has 0 radical (unpaired) electrons. The van der Waals surface area contributed by atoms with E-state index in [1.54, 1.807) is 18.2 Å². The molecule has 0 N–H and O–H groups in total. The summed E-state index contributed by atoms with van der Waals surface area (Å²) in [6.07, 6.45) is 3.24. The van der Waals surface area contributed by atoms with Crippen LogP contribution in [-0.2, 0) is 21.4 Å². The van der Waals surface area contributed by atoms with Crippen molar-refractivity contribution >= 4 is 5.91 Å². The lowest BCUT2D eigenvalue weighted by molar-refractivity contribution is -0.409. The van der Waals surface area contributed by atoms with E-state index in [1.165, 1.54) is 14.2 Å². The van der Waals surface area contributed by atoms with Gasteiger partial charge in [-0.15, -0.1) is 0 Å². The topological polar surface area (TPSA) is 60.5 Å². The highest BCUT2D eigenvalue weighted by atomic mass is 19.2. The Morgan fingerprint density at radius 1 is 1.03 bits per heavy atom. The quantitative estimate of drug-likeness (QED) is 0.260. The van der Waals surface area contributed by atoms with Gasteiger partial charge in [0, 0.05) is 18.7 Å². The molecule has 5 atom stereocenters. The SMILES string of the molecule is COc1ccc2c3c1O[C@H]1[C@@]4(OC)C=C[C@]5([C@@H](C2)N(C)CC[C@]315)N(C(=O)c1c(F)c(F)c(F)c(F)c1F)O4. The normalized spacial score (nSPS) is 33.8. The second kappa shape index (κ2) is 7.25. The Labute approximate surface area is 213 Å². The fraction of sp³-hybridized carbons (Fsp3) is 0.423. The molecule has 2 aromatic rings. The molecule has 2 saturated heterocycles. The molecule has 4 bridgehead atoms. The zero-order valence-corrected chi connectivity index (χ0v) is 20.4. The van der Waals surface area contributed by atoms with Crippen LogP contribution in [0.5, 0.6) is 11.5 Å². The van der Waals surface area contributed by atoms with Crippen LogP contribution in [-0.4, -0.2) is 67.2 Å². The first-order valence-corrected chi connectivity index (χ1v) is 12.0. The number of fused-ring (bicyclic) bond motifs is 1. The van der Waals surface area contributed by atoms with Gasteiger partial charge in [-0.25, -0.2) is 31.9 Å². The van der Waals surface area contributed by atoms with Gasteiger partial charge in [-0.05, 0) is 44.1 Å². The van der Waals surface area contributed by atoms with Crippen LogP contribution in [0, 0.1) is 29.1 Å². The summed E-state index contributed by atoms with van der Waals surface area (Å²) in [5.74, 6) is -13.6. The van der Waals surface area contributed by atoms with E-state index in [2.05, 4.69) is 0 Å². The van der Waals surface area contributed by atoms with Crippen LogP contribution in [0.1, 0.15) is 27.9 Å². The molecule has 200 valence electrons. The first-order chi connectivity index (χ1) is 18.1. The predicted octanol–water partition coefficient (Wildman–Crippen LogP) is 3.39. The lowest BCUT2D eigenvalue weighted by atomic mass is 9.47. The van der Waals surface area contributed by atoms with E-state index in [1.807, 2.05) is 18.0 Å². The van der Waals surface area contributed by atoms with Gasteiger partial charge in [0.2, 0.25) is 5.82 Å². The Morgan fingerprint density at radius 2 is 1.71 bits per heavy atom. The first kappa shape index (κ1) is 23.9. The number of benzene rings is 2. The maximum absolute atomic E-state index is 14.9. The number of halogens is 5. The molecule has 4 aliphatic heterocycles. The summed E-state index contributed by atoms with van der Waals surface area (Å²) in [6.45, 7) is 0.570. The minimum atomic E-state index is -2.35. The van der Waals surface area contributed by atoms with Crippen molar-refractivity contribution in [2.45, 2.75) is 41.7 Å². The van der Waals surface area contributed by atoms with Gasteiger partial charge in [0.15, 0.2) is 40.9 Å². The molecule has 38 heavy (non-hydrogen) atoms. The number of ether oxygens (including phenoxy) is 3. The van der Waals surface area contributed by atoms with E-state index >= 15 is 0 Å². The number of amides is 1. The number of hydrogen-bond acceptors (Lipinski definition) is 6. The monoisotopic (exact) mass is 536 g/mol. The van der Waals surface area contributed by atoms with Crippen LogP contribution in [0.3, 0.4) is 0 Å². The van der Waals surface area contributed by atoms with Crippen molar-refractivity contribution in [3.63, 3.8) is 0 Å². The summed E-state index contributed by atoms with van der Waals surface area (Å²) < 4.78 is 89.8. The lowest BCUT2D eigenvalue weighted by Gasteiger charge is -2.70. The Kier molecular flexibility index (Phi) is 4.55. The maximum atomic E-state index is 14.9. The molecule has 2 aliphatic carbocycles. The van der Waals surface area contributed by atoms with Crippen LogP contribution in [0.4, 0.5) is 22.0 Å². The van der Waals surface area contributed by atoms with Crippen LogP contribution in [0.2, 0.25) is 0 Å². The zero-order chi connectivity index (χ0) is 26.9. The summed E-state index contributed by atoms with van der Waals surface area (Å²) in [7, 11) is 4.65. The van der Waals surface area contributed by atoms with E-state index in [-0.39, 0.29) is 0 Å². The smallest absolute Gasteiger partial charge is 0.284 e. The predicted molar refractivity (Wildman–Crippen MR) is 119 cm³/mol. The van der Waals surface area contributed by atoms with Gasteiger partial charge in [0.1, 0.15) is 11.1 Å². The van der Waals surface area contributed by atoms with E-state index in [0.29, 0.717) is 30.9 Å². The van der Waals surface area contributed by atoms with Gasteiger partial charge in [-0.1, -0.05) is 12.1 Å². The summed E-state index contributed by atoms with van der Waals surface area (Å²) in [6, 6.07) is 3.20. The Balaban J connectivity index is 1.53. The van der Waals surface area contributed by atoms with Gasteiger partial charge >= 0.3 is 0 Å². The molecule has 6 aliphatic rings. The molecule has 1 amide bonds. The highest BCUT2D eigenvalue weighted by Crippen LogP contribution is 2.70. The summed E-state index contributed by atoms with van der Waals surface area (Å²) in [5.41, 5.74) is -2.39. The Morgan fingerprint density at radius 3 is 2.37 bits per heavy atom. The molecule has 4 heterocycles. The van der Waals surface area contributed by atoms with Gasteiger partial charge < -0.3 is 19.1 Å². The number of methoxy groups -OCH3 is 2. The molecule has 12 heteroatoms. The third kappa shape index (κ3) is 2.31. The zero-order valence-electron chi connectivity index (χ0n) is 20.4. The number of rotatable bonds is 3. The standard InChI is InChI=1S/C26H21F5N2O5/c1-32-9-8-24-15-11-4-5-12(35-2)21(15)37-23(24)26(36-3)7-6-25(24,13(32)10-11)33(38-26)22(34)14-16(27)18(29)20(31)19(30)17(14)28/h4-7,13,23H,8-10H2,1-3H3/t13-,23-,24+,25-,26-/m1/s1. The van der Waals surface area contributed by atoms with Crippen molar-refractivity contribution in [1.82, 2.24) is 9.96 Å². The number of likely N-dealkylation sites (N-methyl/N-ethyl adjacent to an activating group) is 1. The summed E-state index contributed by atoms with van der Waals surface area (Å²) in [4.78, 5) is 22.0. The molecule has 0 unspecified atom stereocenters. The summed E-state index contributed by atoms with van der Waals surface area (Å²) in [5, 5.41) is 0.756. The van der Waals surface area contributed by atoms with E-state index < -0.39 is 69.4 Å². The van der Waals surface area contributed by atoms with Gasteiger partial charge in [-0.2, -0.15) is 0 Å².